The second-order valence-corrected chi connectivity index (χ2v) is 6.76. The van der Waals surface area contributed by atoms with Crippen LogP contribution in [0.15, 0.2) is 40.9 Å². The first kappa shape index (κ1) is 16.3. The van der Waals surface area contributed by atoms with Gasteiger partial charge in [-0.05, 0) is 49.7 Å². The molecule has 0 saturated carbocycles. The molecule has 1 N–H and O–H groups in total. The summed E-state index contributed by atoms with van der Waals surface area (Å²) in [6.45, 7) is 1.76. The number of rotatable bonds is 3. The maximum absolute atomic E-state index is 14.6. The lowest BCUT2D eigenvalue weighted by Crippen LogP contribution is -2.53. The van der Waals surface area contributed by atoms with Crippen LogP contribution >= 0.6 is 0 Å². The number of carbonyl (C=O) groups is 1. The van der Waals surface area contributed by atoms with Crippen molar-refractivity contribution in [2.75, 3.05) is 20.2 Å². The Labute approximate surface area is 146 Å². The minimum absolute atomic E-state index is 0.0152. The summed E-state index contributed by atoms with van der Waals surface area (Å²) in [6.07, 6.45) is 3.00. The molecule has 3 aliphatic rings. The first-order chi connectivity index (χ1) is 12.2. The number of halogens is 1. The molecule has 0 aliphatic carbocycles. The molecule has 0 bridgehead atoms. The van der Waals surface area contributed by atoms with Gasteiger partial charge in [0.1, 0.15) is 11.6 Å². The number of benzene rings is 1. The molecule has 25 heavy (non-hydrogen) atoms. The van der Waals surface area contributed by atoms with E-state index in [1.807, 2.05) is 24.3 Å². The third-order valence-corrected chi connectivity index (χ3v) is 5.17. The molecule has 6 heteroatoms. The van der Waals surface area contributed by atoms with Gasteiger partial charge in [0, 0.05) is 6.42 Å². The topological polar surface area (TPSA) is 53.9 Å². The van der Waals surface area contributed by atoms with E-state index in [1.54, 1.807) is 13.2 Å². The number of ketones is 1. The van der Waals surface area contributed by atoms with Gasteiger partial charge in [-0.1, -0.05) is 12.1 Å². The van der Waals surface area contributed by atoms with Gasteiger partial charge in [-0.25, -0.2) is 4.39 Å². The summed E-state index contributed by atoms with van der Waals surface area (Å²) in [5.74, 6) is 1.12. The Morgan fingerprint density at radius 2 is 2.12 bits per heavy atom. The molecule has 0 radical (unpaired) electrons. The van der Waals surface area contributed by atoms with Gasteiger partial charge < -0.3 is 10.1 Å². The molecule has 0 aromatic heterocycles. The Morgan fingerprint density at radius 3 is 2.88 bits per heavy atom. The lowest BCUT2D eigenvalue weighted by atomic mass is 9.91. The van der Waals surface area contributed by atoms with E-state index in [2.05, 4.69) is 15.2 Å². The number of ether oxygens (including phenoxy) is 1. The number of hydrogen-bond donors (Lipinski definition) is 1. The summed E-state index contributed by atoms with van der Waals surface area (Å²) in [4.78, 5) is 19.4. The van der Waals surface area contributed by atoms with Crippen LogP contribution in [-0.2, 0) is 4.79 Å². The molecule has 3 unspecified atom stereocenters. The zero-order valence-electron chi connectivity index (χ0n) is 14.2. The third kappa shape index (κ3) is 3.06. The van der Waals surface area contributed by atoms with Crippen molar-refractivity contribution in [1.82, 2.24) is 10.2 Å². The van der Waals surface area contributed by atoms with Gasteiger partial charge in [0.25, 0.3) is 0 Å². The summed E-state index contributed by atoms with van der Waals surface area (Å²) >= 11 is 0. The molecule has 0 spiro atoms. The van der Waals surface area contributed by atoms with Gasteiger partial charge in [0.2, 0.25) is 0 Å². The van der Waals surface area contributed by atoms with Crippen LogP contribution in [0.4, 0.5) is 4.39 Å². The van der Waals surface area contributed by atoms with Crippen molar-refractivity contribution >= 4 is 11.6 Å². The standard InChI is InChI=1S/C19H22FN3O2/c1-25-13-6-4-5-12(9-13)15-11-17(24)14-10-16(23-7-2-3-8-23)18(20)22-19(14)21-15/h4-6,9-10,15-16,18H,2-3,7-8,11H2,1H3,(H,21,22). The molecule has 3 heterocycles. The number of likely N-dealkylation sites (tertiary alicyclic amines) is 1. The molecule has 132 valence electrons. The van der Waals surface area contributed by atoms with Crippen LogP contribution in [-0.4, -0.2) is 49.1 Å². The Hall–Kier alpha value is -2.21. The van der Waals surface area contributed by atoms with E-state index in [4.69, 9.17) is 4.74 Å². The van der Waals surface area contributed by atoms with Crippen LogP contribution < -0.4 is 10.1 Å². The number of Topliss-reactive ketones (excluding diaryl/α,β-unsaturated/α-hetero) is 1. The SMILES string of the molecule is COc1cccc(C2CC(=O)C3=CC(N4CCCC4)C(F)NC3=N2)c1. The second-order valence-electron chi connectivity index (χ2n) is 6.76. The fourth-order valence-electron chi connectivity index (χ4n) is 3.82. The first-order valence-electron chi connectivity index (χ1n) is 8.77. The van der Waals surface area contributed by atoms with Gasteiger partial charge in [0.05, 0.1) is 24.8 Å². The predicted molar refractivity (Wildman–Crippen MR) is 93.5 cm³/mol. The average Bonchev–Trinajstić information content (AvgIpc) is 3.15. The van der Waals surface area contributed by atoms with Gasteiger partial charge in [-0.3, -0.25) is 14.7 Å². The molecule has 1 fully saturated rings. The molecule has 3 atom stereocenters. The van der Waals surface area contributed by atoms with E-state index < -0.39 is 6.30 Å². The highest BCUT2D eigenvalue weighted by Crippen LogP contribution is 2.32. The zero-order valence-corrected chi connectivity index (χ0v) is 14.2. The van der Waals surface area contributed by atoms with Crippen molar-refractivity contribution in [1.29, 1.82) is 0 Å². The van der Waals surface area contributed by atoms with E-state index in [0.717, 1.165) is 37.2 Å². The normalized spacial score (nSPS) is 29.5. The molecule has 3 aliphatic heterocycles. The van der Waals surface area contributed by atoms with Crippen molar-refractivity contribution < 1.29 is 13.9 Å². The monoisotopic (exact) mass is 343 g/mol. The molecule has 1 aromatic rings. The highest BCUT2D eigenvalue weighted by molar-refractivity contribution is 6.23. The van der Waals surface area contributed by atoms with Gasteiger partial charge >= 0.3 is 0 Å². The number of nitrogens with zero attached hydrogens (tertiary/aromatic N) is 2. The number of amidine groups is 1. The van der Waals surface area contributed by atoms with Gasteiger partial charge in [0.15, 0.2) is 12.1 Å². The summed E-state index contributed by atoms with van der Waals surface area (Å²) < 4.78 is 19.9. The quantitative estimate of drug-likeness (QED) is 0.857. The Kier molecular flexibility index (Phi) is 4.29. The van der Waals surface area contributed by atoms with Crippen LogP contribution in [0.2, 0.25) is 0 Å². The van der Waals surface area contributed by atoms with Gasteiger partial charge in [-0.2, -0.15) is 0 Å². The van der Waals surface area contributed by atoms with Crippen LogP contribution in [0, 0.1) is 0 Å². The Balaban J connectivity index is 1.64. The van der Waals surface area contributed by atoms with Crippen molar-refractivity contribution in [2.45, 2.75) is 37.6 Å². The second kappa shape index (κ2) is 6.59. The summed E-state index contributed by atoms with van der Waals surface area (Å²) in [5.41, 5.74) is 1.43. The fourth-order valence-corrected chi connectivity index (χ4v) is 3.82. The van der Waals surface area contributed by atoms with Crippen LogP contribution in [0.5, 0.6) is 5.75 Å². The molecule has 4 rings (SSSR count). The summed E-state index contributed by atoms with van der Waals surface area (Å²) in [7, 11) is 1.60. The van der Waals surface area contributed by atoms with Crippen molar-refractivity contribution in [3.8, 4) is 5.75 Å². The predicted octanol–water partition coefficient (Wildman–Crippen LogP) is 2.40. The number of fused-ring (bicyclic) bond motifs is 1. The number of hydrogen-bond acceptors (Lipinski definition) is 5. The lowest BCUT2D eigenvalue weighted by molar-refractivity contribution is -0.115. The van der Waals surface area contributed by atoms with Crippen LogP contribution in [0.1, 0.15) is 30.9 Å². The van der Waals surface area contributed by atoms with Crippen molar-refractivity contribution in [3.63, 3.8) is 0 Å². The summed E-state index contributed by atoms with van der Waals surface area (Å²) in [5, 5.41) is 2.83. The zero-order chi connectivity index (χ0) is 17.4. The largest absolute Gasteiger partial charge is 0.497 e. The van der Waals surface area contributed by atoms with Crippen LogP contribution in [0.25, 0.3) is 0 Å². The number of carbonyl (C=O) groups excluding carboxylic acids is 1. The Morgan fingerprint density at radius 1 is 1.32 bits per heavy atom. The number of methoxy groups -OCH3 is 1. The highest BCUT2D eigenvalue weighted by Gasteiger charge is 2.38. The van der Waals surface area contributed by atoms with E-state index in [0.29, 0.717) is 17.8 Å². The van der Waals surface area contributed by atoms with E-state index in [1.165, 1.54) is 0 Å². The summed E-state index contributed by atoms with van der Waals surface area (Å²) in [6, 6.07) is 6.83. The van der Waals surface area contributed by atoms with Crippen LogP contribution in [0.3, 0.4) is 0 Å². The maximum atomic E-state index is 14.6. The van der Waals surface area contributed by atoms with Gasteiger partial charge in [-0.15, -0.1) is 0 Å². The first-order valence-corrected chi connectivity index (χ1v) is 8.77. The molecular weight excluding hydrogens is 321 g/mol. The molecule has 0 amide bonds. The average molecular weight is 343 g/mol. The minimum Gasteiger partial charge on any atom is -0.497 e. The minimum atomic E-state index is -1.24. The smallest absolute Gasteiger partial charge is 0.190 e. The van der Waals surface area contributed by atoms with Crippen molar-refractivity contribution in [2.24, 2.45) is 4.99 Å². The maximum Gasteiger partial charge on any atom is 0.190 e. The highest BCUT2D eigenvalue weighted by atomic mass is 19.1. The molecule has 5 nitrogen and oxygen atoms in total. The molecular formula is C19H22FN3O2. The third-order valence-electron chi connectivity index (χ3n) is 5.17. The number of nitrogens with one attached hydrogen (secondary N) is 1. The molecule has 1 saturated heterocycles. The van der Waals surface area contributed by atoms with E-state index >= 15 is 0 Å². The number of aliphatic imine (C=N–C) groups is 1. The Bertz CT molecular complexity index is 740. The number of alkyl halides is 1. The van der Waals surface area contributed by atoms with E-state index in [-0.39, 0.29) is 17.9 Å². The fraction of sp³-hybridized carbons (Fsp3) is 0.474. The van der Waals surface area contributed by atoms with Crippen molar-refractivity contribution in [3.05, 3.63) is 41.5 Å². The molecule has 1 aromatic carbocycles. The lowest BCUT2D eigenvalue weighted by Gasteiger charge is -2.35. The van der Waals surface area contributed by atoms with E-state index in [9.17, 15) is 9.18 Å².